The fourth-order valence-electron chi connectivity index (χ4n) is 2.97. The first-order chi connectivity index (χ1) is 11.7. The summed E-state index contributed by atoms with van der Waals surface area (Å²) in [6.07, 6.45) is -1.29. The van der Waals surface area contributed by atoms with E-state index in [0.29, 0.717) is 6.54 Å². The number of benzene rings is 2. The Bertz CT molecular complexity index is 681. The molecule has 0 N–H and O–H groups in total. The summed E-state index contributed by atoms with van der Waals surface area (Å²) in [6.45, 7) is 0.293. The molecule has 0 saturated carbocycles. The molecular weight excluding hydrogens is 306 g/mol. The highest BCUT2D eigenvalue weighted by Gasteiger charge is 2.32. The minimum absolute atomic E-state index is 0.293. The van der Waals surface area contributed by atoms with Crippen LogP contribution in [-0.2, 0) is 14.2 Å². The number of carbonyl (C=O) groups excluding carboxylic acids is 1. The van der Waals surface area contributed by atoms with Crippen LogP contribution in [0.25, 0.3) is 11.1 Å². The summed E-state index contributed by atoms with van der Waals surface area (Å²) in [4.78, 5) is 13.9. The van der Waals surface area contributed by atoms with Gasteiger partial charge in [0.25, 0.3) is 0 Å². The molecule has 0 fully saturated rings. The van der Waals surface area contributed by atoms with Gasteiger partial charge in [0.15, 0.2) is 12.4 Å². The fourth-order valence-corrected chi connectivity index (χ4v) is 2.97. The summed E-state index contributed by atoms with van der Waals surface area (Å²) in [5.74, 6) is 0. The van der Waals surface area contributed by atoms with E-state index in [9.17, 15) is 4.79 Å². The third kappa shape index (κ3) is 3.00. The van der Waals surface area contributed by atoms with Crippen LogP contribution in [0.1, 0.15) is 17.2 Å². The Hall–Kier alpha value is -2.37. The van der Waals surface area contributed by atoms with Crippen molar-refractivity contribution >= 4 is 6.09 Å². The first-order valence-corrected chi connectivity index (χ1v) is 7.81. The second-order valence-corrected chi connectivity index (χ2v) is 5.72. The molecule has 0 radical (unpaired) electrons. The maximum absolute atomic E-state index is 12.5. The molecule has 1 aliphatic carbocycles. The second-order valence-electron chi connectivity index (χ2n) is 5.72. The summed E-state index contributed by atoms with van der Waals surface area (Å²) in [5.41, 5.74) is 4.24. The number of likely N-dealkylation sites (N-methyl/N-ethyl adjacent to an activating group) is 1. The van der Waals surface area contributed by atoms with Gasteiger partial charge >= 0.3 is 6.09 Å². The predicted molar refractivity (Wildman–Crippen MR) is 90.6 cm³/mol. The fraction of sp³-hybridized carbons (Fsp3) is 0.316. The van der Waals surface area contributed by atoms with Crippen LogP contribution in [0.3, 0.4) is 0 Å². The van der Waals surface area contributed by atoms with Crippen molar-refractivity contribution in [3.63, 3.8) is 0 Å². The summed E-state index contributed by atoms with van der Waals surface area (Å²) < 4.78 is 16.1. The number of nitrogens with zero attached hydrogens (tertiary/aromatic N) is 1. The molecule has 0 spiro atoms. The topological polar surface area (TPSA) is 48.0 Å². The Morgan fingerprint density at radius 3 is 2.00 bits per heavy atom. The number of hydrogen-bond acceptors (Lipinski definition) is 4. The largest absolute Gasteiger partial charge is 0.436 e. The number of amides is 1. The van der Waals surface area contributed by atoms with Crippen molar-refractivity contribution in [3.8, 4) is 11.1 Å². The molecule has 0 aromatic heterocycles. The number of hydrogen-bond donors (Lipinski definition) is 0. The molecule has 0 aliphatic heterocycles. The van der Waals surface area contributed by atoms with Gasteiger partial charge in [-0.05, 0) is 11.1 Å². The number of carbonyl (C=O) groups is 1. The lowest BCUT2D eigenvalue weighted by atomic mass is 10.1. The smallest absolute Gasteiger partial charge is 0.410 e. The van der Waals surface area contributed by atoms with Crippen LogP contribution < -0.4 is 0 Å². The van der Waals surface area contributed by atoms with E-state index in [1.807, 2.05) is 36.4 Å². The van der Waals surface area contributed by atoms with Gasteiger partial charge in [-0.15, -0.1) is 0 Å². The average molecular weight is 327 g/mol. The van der Waals surface area contributed by atoms with E-state index in [-0.39, 0.29) is 0 Å². The molecule has 0 saturated heterocycles. The van der Waals surface area contributed by atoms with Gasteiger partial charge in [-0.2, -0.15) is 0 Å². The molecule has 24 heavy (non-hydrogen) atoms. The number of methoxy groups -OCH3 is 2. The average Bonchev–Trinajstić information content (AvgIpc) is 2.94. The molecule has 0 bridgehead atoms. The molecule has 1 amide bonds. The third-order valence-electron chi connectivity index (χ3n) is 4.26. The van der Waals surface area contributed by atoms with Crippen molar-refractivity contribution in [3.05, 3.63) is 59.7 Å². The maximum atomic E-state index is 12.5. The maximum Gasteiger partial charge on any atom is 0.410 e. The Balaban J connectivity index is 1.81. The summed E-state index contributed by atoms with van der Waals surface area (Å²) in [6, 6.07) is 16.0. The molecule has 2 aromatic rings. The first-order valence-electron chi connectivity index (χ1n) is 7.81. The van der Waals surface area contributed by atoms with Gasteiger partial charge in [0.2, 0.25) is 0 Å². The Kier molecular flexibility index (Phi) is 4.83. The highest BCUT2D eigenvalue weighted by molar-refractivity contribution is 5.79. The van der Waals surface area contributed by atoms with Gasteiger partial charge < -0.3 is 19.1 Å². The summed E-state index contributed by atoms with van der Waals surface area (Å²) >= 11 is 0. The third-order valence-corrected chi connectivity index (χ3v) is 4.26. The molecule has 5 heteroatoms. The Morgan fingerprint density at radius 1 is 1.00 bits per heavy atom. The SMILES string of the molecule is COC(CN(C)C(=O)OC1c2ccccc2-c2ccccc21)OC. The Labute approximate surface area is 141 Å². The zero-order chi connectivity index (χ0) is 17.1. The number of fused-ring (bicyclic) bond motifs is 3. The molecule has 1 aliphatic rings. The van der Waals surface area contributed by atoms with E-state index < -0.39 is 18.5 Å². The second kappa shape index (κ2) is 7.03. The van der Waals surface area contributed by atoms with Crippen LogP contribution in [0.5, 0.6) is 0 Å². The number of rotatable bonds is 5. The van der Waals surface area contributed by atoms with E-state index in [4.69, 9.17) is 14.2 Å². The van der Waals surface area contributed by atoms with Gasteiger partial charge in [-0.1, -0.05) is 48.5 Å². The van der Waals surface area contributed by atoms with E-state index in [1.54, 1.807) is 7.05 Å². The monoisotopic (exact) mass is 327 g/mol. The minimum atomic E-state index is -0.481. The highest BCUT2D eigenvalue weighted by atomic mass is 16.7. The van der Waals surface area contributed by atoms with Crippen LogP contribution in [0, 0.1) is 0 Å². The van der Waals surface area contributed by atoms with Gasteiger partial charge in [0.1, 0.15) is 0 Å². The van der Waals surface area contributed by atoms with Gasteiger partial charge in [0.05, 0.1) is 6.54 Å². The molecule has 0 atom stereocenters. The normalized spacial score (nSPS) is 12.8. The lowest BCUT2D eigenvalue weighted by Gasteiger charge is -2.24. The van der Waals surface area contributed by atoms with Crippen LogP contribution in [0.4, 0.5) is 4.79 Å². The highest BCUT2D eigenvalue weighted by Crippen LogP contribution is 2.45. The summed E-state index contributed by atoms with van der Waals surface area (Å²) in [7, 11) is 4.74. The Morgan fingerprint density at radius 2 is 1.50 bits per heavy atom. The molecule has 126 valence electrons. The van der Waals surface area contributed by atoms with Crippen molar-refractivity contribution in [2.45, 2.75) is 12.4 Å². The molecule has 2 aromatic carbocycles. The standard InChI is InChI=1S/C19H21NO4/c1-20(12-17(22-2)23-3)19(21)24-18-15-10-6-4-8-13(15)14-9-5-7-11-16(14)18/h4-11,17-18H,12H2,1-3H3. The van der Waals surface area contributed by atoms with Crippen molar-refractivity contribution in [2.24, 2.45) is 0 Å². The quantitative estimate of drug-likeness (QED) is 0.789. The van der Waals surface area contributed by atoms with Crippen LogP contribution >= 0.6 is 0 Å². The van der Waals surface area contributed by atoms with Crippen LogP contribution in [0.15, 0.2) is 48.5 Å². The lowest BCUT2D eigenvalue weighted by Crippen LogP contribution is -2.36. The van der Waals surface area contributed by atoms with Crippen molar-refractivity contribution in [1.82, 2.24) is 4.90 Å². The van der Waals surface area contributed by atoms with Crippen molar-refractivity contribution in [2.75, 3.05) is 27.8 Å². The zero-order valence-corrected chi connectivity index (χ0v) is 14.1. The van der Waals surface area contributed by atoms with Crippen molar-refractivity contribution < 1.29 is 19.0 Å². The lowest BCUT2D eigenvalue weighted by molar-refractivity contribution is -0.112. The molecular formula is C19H21NO4. The molecule has 0 unspecified atom stereocenters. The zero-order valence-electron chi connectivity index (χ0n) is 14.1. The number of ether oxygens (including phenoxy) is 3. The molecule has 0 heterocycles. The van der Waals surface area contributed by atoms with E-state index in [1.165, 1.54) is 19.1 Å². The van der Waals surface area contributed by atoms with Crippen LogP contribution in [0.2, 0.25) is 0 Å². The molecule has 3 rings (SSSR count). The minimum Gasteiger partial charge on any atom is -0.436 e. The van der Waals surface area contributed by atoms with Gasteiger partial charge in [0, 0.05) is 32.4 Å². The van der Waals surface area contributed by atoms with E-state index >= 15 is 0 Å². The van der Waals surface area contributed by atoms with Gasteiger partial charge in [-0.25, -0.2) is 4.79 Å². The molecule has 5 nitrogen and oxygen atoms in total. The van der Waals surface area contributed by atoms with E-state index in [2.05, 4.69) is 12.1 Å². The van der Waals surface area contributed by atoms with Gasteiger partial charge in [-0.3, -0.25) is 0 Å². The first kappa shape index (κ1) is 16.5. The predicted octanol–water partition coefficient (Wildman–Crippen LogP) is 3.44. The van der Waals surface area contributed by atoms with E-state index in [0.717, 1.165) is 22.3 Å². The van der Waals surface area contributed by atoms with Crippen LogP contribution in [-0.4, -0.2) is 45.1 Å². The summed E-state index contributed by atoms with van der Waals surface area (Å²) in [5, 5.41) is 0. The van der Waals surface area contributed by atoms with Crippen molar-refractivity contribution in [1.29, 1.82) is 0 Å².